The van der Waals surface area contributed by atoms with Crippen LogP contribution in [0.25, 0.3) is 6.08 Å². The van der Waals surface area contributed by atoms with Crippen molar-refractivity contribution in [3.8, 4) is 0 Å². The van der Waals surface area contributed by atoms with Crippen LogP contribution in [-0.4, -0.2) is 5.11 Å². The Morgan fingerprint density at radius 3 is 2.29 bits per heavy atom. The van der Waals surface area contributed by atoms with Gasteiger partial charge in [0.25, 0.3) is 0 Å². The Balaban J connectivity index is 2.57. The molecule has 0 atom stereocenters. The average Bonchev–Trinajstić information content (AvgIpc) is 2.29. The summed E-state index contributed by atoms with van der Waals surface area (Å²) in [6, 6.07) is 8.04. The number of aliphatic hydroxyl groups is 1. The summed E-state index contributed by atoms with van der Waals surface area (Å²) >= 11 is 0. The van der Waals surface area contributed by atoms with E-state index in [9.17, 15) is 0 Å². The molecule has 0 radical (unpaired) electrons. The van der Waals surface area contributed by atoms with Gasteiger partial charge in [-0.3, -0.25) is 0 Å². The predicted molar refractivity (Wildman–Crippen MR) is 74.7 cm³/mol. The molecule has 17 heavy (non-hydrogen) atoms. The Bertz CT molecular complexity index is 392. The molecule has 0 aliphatic heterocycles. The summed E-state index contributed by atoms with van der Waals surface area (Å²) in [6.07, 6.45) is 6.69. The van der Waals surface area contributed by atoms with Gasteiger partial charge in [0.15, 0.2) is 0 Å². The van der Waals surface area contributed by atoms with Crippen LogP contribution in [0.1, 0.15) is 44.7 Å². The summed E-state index contributed by atoms with van der Waals surface area (Å²) in [7, 11) is 0. The second-order valence-corrected chi connectivity index (χ2v) is 4.71. The third-order valence-electron chi connectivity index (χ3n) is 2.67. The fourth-order valence-electron chi connectivity index (χ4n) is 1.66. The van der Waals surface area contributed by atoms with Gasteiger partial charge in [0.2, 0.25) is 0 Å². The Morgan fingerprint density at radius 2 is 1.76 bits per heavy atom. The lowest BCUT2D eigenvalue weighted by Crippen LogP contribution is -1.83. The molecule has 0 aliphatic carbocycles. The van der Waals surface area contributed by atoms with Gasteiger partial charge >= 0.3 is 0 Å². The highest BCUT2D eigenvalue weighted by molar-refractivity contribution is 5.52. The van der Waals surface area contributed by atoms with Crippen LogP contribution < -0.4 is 0 Å². The number of aliphatic hydroxyl groups excluding tert-OH is 1. The zero-order valence-corrected chi connectivity index (χ0v) is 11.0. The minimum Gasteiger partial charge on any atom is -0.392 e. The van der Waals surface area contributed by atoms with E-state index in [1.165, 1.54) is 16.7 Å². The highest BCUT2D eigenvalue weighted by Gasteiger charge is 1.93. The average molecular weight is 230 g/mol. The van der Waals surface area contributed by atoms with Gasteiger partial charge in [-0.2, -0.15) is 0 Å². The van der Waals surface area contributed by atoms with Crippen LogP contribution in [0.15, 0.2) is 41.5 Å². The lowest BCUT2D eigenvalue weighted by molar-refractivity contribution is 0.282. The molecule has 1 nitrogen and oxygen atoms in total. The summed E-state index contributed by atoms with van der Waals surface area (Å²) in [5, 5.41) is 8.96. The van der Waals surface area contributed by atoms with Gasteiger partial charge in [0.05, 0.1) is 6.61 Å². The van der Waals surface area contributed by atoms with Gasteiger partial charge in [-0.1, -0.05) is 47.6 Å². The molecule has 1 aromatic carbocycles. The summed E-state index contributed by atoms with van der Waals surface area (Å²) in [4.78, 5) is 0. The minimum atomic E-state index is 0.115. The smallest absolute Gasteiger partial charge is 0.0681 e. The van der Waals surface area contributed by atoms with E-state index in [2.05, 4.69) is 45.1 Å². The predicted octanol–water partition coefficient (Wildman–Crippen LogP) is 4.33. The SMILES string of the molecule is CC(C)=CCCC(C)=Cc1ccc(CO)cc1. The van der Waals surface area contributed by atoms with E-state index in [-0.39, 0.29) is 6.61 Å². The van der Waals surface area contributed by atoms with Crippen molar-refractivity contribution in [1.29, 1.82) is 0 Å². The standard InChI is InChI=1S/C16H22O/c1-13(2)5-4-6-14(3)11-15-7-9-16(12-17)10-8-15/h5,7-11,17H,4,6,12H2,1-3H3. The molecule has 0 aliphatic rings. The molecule has 0 spiro atoms. The molecule has 1 heteroatoms. The normalized spacial score (nSPS) is 11.4. The lowest BCUT2D eigenvalue weighted by atomic mass is 10.1. The Morgan fingerprint density at radius 1 is 1.12 bits per heavy atom. The van der Waals surface area contributed by atoms with Crippen molar-refractivity contribution in [2.75, 3.05) is 0 Å². The van der Waals surface area contributed by atoms with Crippen molar-refractivity contribution in [3.05, 3.63) is 52.6 Å². The first-order valence-corrected chi connectivity index (χ1v) is 6.12. The minimum absolute atomic E-state index is 0.115. The fraction of sp³-hybridized carbons (Fsp3) is 0.375. The van der Waals surface area contributed by atoms with Crippen LogP contribution in [0.3, 0.4) is 0 Å². The summed E-state index contributed by atoms with van der Waals surface area (Å²) in [5.74, 6) is 0. The van der Waals surface area contributed by atoms with Gasteiger partial charge in [-0.25, -0.2) is 0 Å². The quantitative estimate of drug-likeness (QED) is 0.746. The molecule has 0 amide bonds. The summed E-state index contributed by atoms with van der Waals surface area (Å²) in [6.45, 7) is 6.54. The monoisotopic (exact) mass is 230 g/mol. The van der Waals surface area contributed by atoms with Crippen molar-refractivity contribution in [2.45, 2.75) is 40.2 Å². The molecule has 0 saturated heterocycles. The van der Waals surface area contributed by atoms with Crippen molar-refractivity contribution < 1.29 is 5.11 Å². The second kappa shape index (κ2) is 7.08. The largest absolute Gasteiger partial charge is 0.392 e. The second-order valence-electron chi connectivity index (χ2n) is 4.71. The van der Waals surface area contributed by atoms with E-state index in [4.69, 9.17) is 5.11 Å². The number of rotatable bonds is 5. The molecular formula is C16H22O. The maximum absolute atomic E-state index is 8.96. The maximum atomic E-state index is 8.96. The Hall–Kier alpha value is -1.34. The topological polar surface area (TPSA) is 20.2 Å². The van der Waals surface area contributed by atoms with E-state index in [1.807, 2.05) is 12.1 Å². The van der Waals surface area contributed by atoms with E-state index in [0.29, 0.717) is 0 Å². The molecule has 1 rings (SSSR count). The summed E-state index contributed by atoms with van der Waals surface area (Å²) in [5.41, 5.74) is 4.94. The third kappa shape index (κ3) is 5.50. The van der Waals surface area contributed by atoms with Crippen LogP contribution in [0.4, 0.5) is 0 Å². The van der Waals surface area contributed by atoms with Crippen LogP contribution in [0.5, 0.6) is 0 Å². The first kappa shape index (κ1) is 13.7. The van der Waals surface area contributed by atoms with Gasteiger partial charge < -0.3 is 5.11 Å². The highest BCUT2D eigenvalue weighted by atomic mass is 16.3. The van der Waals surface area contributed by atoms with Gasteiger partial charge in [0, 0.05) is 0 Å². The number of benzene rings is 1. The molecule has 92 valence electrons. The molecule has 0 unspecified atom stereocenters. The molecule has 1 aromatic rings. The van der Waals surface area contributed by atoms with Gasteiger partial charge in [-0.15, -0.1) is 0 Å². The van der Waals surface area contributed by atoms with E-state index in [0.717, 1.165) is 18.4 Å². The fourth-order valence-corrected chi connectivity index (χ4v) is 1.66. The van der Waals surface area contributed by atoms with Crippen LogP contribution in [0, 0.1) is 0 Å². The molecule has 0 saturated carbocycles. The Kier molecular flexibility index (Phi) is 5.71. The number of hydrogen-bond donors (Lipinski definition) is 1. The Labute approximate surface area is 104 Å². The van der Waals surface area contributed by atoms with Crippen molar-refractivity contribution in [2.24, 2.45) is 0 Å². The van der Waals surface area contributed by atoms with E-state index >= 15 is 0 Å². The maximum Gasteiger partial charge on any atom is 0.0681 e. The molecule has 0 aromatic heterocycles. The zero-order valence-electron chi connectivity index (χ0n) is 11.0. The van der Waals surface area contributed by atoms with Gasteiger partial charge in [0.1, 0.15) is 0 Å². The van der Waals surface area contributed by atoms with Crippen molar-refractivity contribution >= 4 is 6.08 Å². The zero-order chi connectivity index (χ0) is 12.7. The first-order chi connectivity index (χ1) is 8.11. The lowest BCUT2D eigenvalue weighted by Gasteiger charge is -2.01. The first-order valence-electron chi connectivity index (χ1n) is 6.12. The van der Waals surface area contributed by atoms with Crippen LogP contribution in [0.2, 0.25) is 0 Å². The molecule has 1 N–H and O–H groups in total. The van der Waals surface area contributed by atoms with Gasteiger partial charge in [-0.05, 0) is 44.7 Å². The van der Waals surface area contributed by atoms with Crippen LogP contribution in [-0.2, 0) is 6.61 Å². The summed E-state index contributed by atoms with van der Waals surface area (Å²) < 4.78 is 0. The number of hydrogen-bond acceptors (Lipinski definition) is 1. The van der Waals surface area contributed by atoms with Crippen molar-refractivity contribution in [3.63, 3.8) is 0 Å². The van der Waals surface area contributed by atoms with Crippen LogP contribution >= 0.6 is 0 Å². The molecule has 0 fully saturated rings. The molecule has 0 bridgehead atoms. The number of allylic oxidation sites excluding steroid dienone is 3. The van der Waals surface area contributed by atoms with Crippen molar-refractivity contribution in [1.82, 2.24) is 0 Å². The highest BCUT2D eigenvalue weighted by Crippen LogP contribution is 2.13. The van der Waals surface area contributed by atoms with E-state index in [1.54, 1.807) is 0 Å². The molecular weight excluding hydrogens is 208 g/mol. The van der Waals surface area contributed by atoms with E-state index < -0.39 is 0 Å². The third-order valence-corrected chi connectivity index (χ3v) is 2.67. The molecule has 0 heterocycles.